The predicted octanol–water partition coefficient (Wildman–Crippen LogP) is -0.153. The van der Waals surface area contributed by atoms with Crippen molar-refractivity contribution in [2.45, 2.75) is 12.8 Å². The van der Waals surface area contributed by atoms with Gasteiger partial charge in [0, 0.05) is 26.7 Å². The molecular weight excluding hydrogens is 208 g/mol. The van der Waals surface area contributed by atoms with Gasteiger partial charge in [0.05, 0.1) is 13.2 Å². The second-order valence-corrected chi connectivity index (χ2v) is 4.17. The van der Waals surface area contributed by atoms with E-state index in [1.54, 1.807) is 11.9 Å². The summed E-state index contributed by atoms with van der Waals surface area (Å²) in [5, 5.41) is 0. The van der Waals surface area contributed by atoms with Gasteiger partial charge >= 0.3 is 0 Å². The molecule has 1 rings (SSSR count). The van der Waals surface area contributed by atoms with Crippen LogP contribution in [0.15, 0.2) is 0 Å². The lowest BCUT2D eigenvalue weighted by Crippen LogP contribution is -2.33. The zero-order chi connectivity index (χ0) is 11.8. The number of nitrogens with zero attached hydrogens (tertiary/aromatic N) is 1. The van der Waals surface area contributed by atoms with Crippen molar-refractivity contribution in [1.29, 1.82) is 0 Å². The summed E-state index contributed by atoms with van der Waals surface area (Å²) in [7, 11) is 1.76. The van der Waals surface area contributed by atoms with Crippen LogP contribution < -0.4 is 5.73 Å². The molecule has 0 aromatic carbocycles. The van der Waals surface area contributed by atoms with Crippen LogP contribution in [0.1, 0.15) is 12.8 Å². The van der Waals surface area contributed by atoms with E-state index in [9.17, 15) is 4.79 Å². The normalized spacial score (nSPS) is 15.1. The highest BCUT2D eigenvalue weighted by molar-refractivity contribution is 5.77. The van der Waals surface area contributed by atoms with Crippen molar-refractivity contribution in [2.75, 3.05) is 46.6 Å². The molecule has 0 heterocycles. The number of nitrogens with two attached hydrogens (primary N) is 1. The number of carbonyl (C=O) groups excluding carboxylic acids is 1. The van der Waals surface area contributed by atoms with Crippen LogP contribution in [0.2, 0.25) is 0 Å². The maximum absolute atomic E-state index is 11.5. The molecule has 0 aromatic rings. The molecule has 5 nitrogen and oxygen atoms in total. The molecule has 0 radical (unpaired) electrons. The van der Waals surface area contributed by atoms with E-state index in [1.165, 1.54) is 12.8 Å². The van der Waals surface area contributed by atoms with Crippen molar-refractivity contribution < 1.29 is 14.3 Å². The van der Waals surface area contributed by atoms with Gasteiger partial charge in [0.15, 0.2) is 0 Å². The zero-order valence-electron chi connectivity index (χ0n) is 9.98. The fourth-order valence-electron chi connectivity index (χ4n) is 1.21. The summed E-state index contributed by atoms with van der Waals surface area (Å²) in [4.78, 5) is 13.1. The van der Waals surface area contributed by atoms with Gasteiger partial charge in [0.1, 0.15) is 6.61 Å². The highest BCUT2D eigenvalue weighted by Gasteiger charge is 2.21. The van der Waals surface area contributed by atoms with Crippen molar-refractivity contribution in [3.8, 4) is 0 Å². The molecule has 2 N–H and O–H groups in total. The number of carbonyl (C=O) groups is 1. The maximum Gasteiger partial charge on any atom is 0.248 e. The fourth-order valence-corrected chi connectivity index (χ4v) is 1.21. The standard InChI is InChI=1S/C11H22N2O3/c1-13(11(14)9-15-6-4-12)5-7-16-8-10-2-3-10/h10H,2-9,12H2,1H3. The lowest BCUT2D eigenvalue weighted by molar-refractivity contribution is -0.135. The Labute approximate surface area is 96.9 Å². The summed E-state index contributed by atoms with van der Waals surface area (Å²) < 4.78 is 10.5. The van der Waals surface area contributed by atoms with Crippen molar-refractivity contribution in [3.05, 3.63) is 0 Å². The molecule has 0 bridgehead atoms. The number of rotatable bonds is 9. The van der Waals surface area contributed by atoms with E-state index >= 15 is 0 Å². The second kappa shape index (κ2) is 7.60. The van der Waals surface area contributed by atoms with Crippen LogP contribution in [0.25, 0.3) is 0 Å². The minimum absolute atomic E-state index is 0.0246. The van der Waals surface area contributed by atoms with Gasteiger partial charge in [-0.05, 0) is 18.8 Å². The van der Waals surface area contributed by atoms with E-state index < -0.39 is 0 Å². The first-order valence-corrected chi connectivity index (χ1v) is 5.83. The molecule has 94 valence electrons. The Hall–Kier alpha value is -0.650. The van der Waals surface area contributed by atoms with Gasteiger partial charge in [-0.3, -0.25) is 4.79 Å². The SMILES string of the molecule is CN(CCOCC1CC1)C(=O)COCCN. The molecule has 1 fully saturated rings. The van der Waals surface area contributed by atoms with E-state index in [2.05, 4.69) is 0 Å². The van der Waals surface area contributed by atoms with Crippen LogP contribution in [-0.2, 0) is 14.3 Å². The first kappa shape index (κ1) is 13.4. The topological polar surface area (TPSA) is 64.8 Å². The molecule has 1 aliphatic rings. The highest BCUT2D eigenvalue weighted by Crippen LogP contribution is 2.28. The summed E-state index contributed by atoms with van der Waals surface area (Å²) in [6.45, 7) is 3.05. The lowest BCUT2D eigenvalue weighted by atomic mass is 10.4. The van der Waals surface area contributed by atoms with Gasteiger partial charge in [-0.1, -0.05) is 0 Å². The summed E-state index contributed by atoms with van der Waals surface area (Å²) in [6, 6.07) is 0. The van der Waals surface area contributed by atoms with Crippen molar-refractivity contribution in [3.63, 3.8) is 0 Å². The largest absolute Gasteiger partial charge is 0.379 e. The number of amides is 1. The number of hydrogen-bond donors (Lipinski definition) is 1. The van der Waals surface area contributed by atoms with E-state index in [0.717, 1.165) is 12.5 Å². The van der Waals surface area contributed by atoms with Gasteiger partial charge in [-0.15, -0.1) is 0 Å². The maximum atomic E-state index is 11.5. The first-order chi connectivity index (χ1) is 7.74. The summed E-state index contributed by atoms with van der Waals surface area (Å²) in [6.07, 6.45) is 2.59. The predicted molar refractivity (Wildman–Crippen MR) is 61.1 cm³/mol. The monoisotopic (exact) mass is 230 g/mol. The minimum Gasteiger partial charge on any atom is -0.379 e. The average molecular weight is 230 g/mol. The third-order valence-corrected chi connectivity index (χ3v) is 2.53. The van der Waals surface area contributed by atoms with Crippen LogP contribution in [0.4, 0.5) is 0 Å². The number of ether oxygens (including phenoxy) is 2. The fraction of sp³-hybridized carbons (Fsp3) is 0.909. The quantitative estimate of drug-likeness (QED) is 0.559. The molecule has 0 aliphatic heterocycles. The van der Waals surface area contributed by atoms with Gasteiger partial charge in [-0.2, -0.15) is 0 Å². The van der Waals surface area contributed by atoms with Crippen LogP contribution in [-0.4, -0.2) is 57.4 Å². The minimum atomic E-state index is -0.0246. The molecule has 0 atom stereocenters. The van der Waals surface area contributed by atoms with Crippen LogP contribution in [0.5, 0.6) is 0 Å². The van der Waals surface area contributed by atoms with Gasteiger partial charge in [0.25, 0.3) is 0 Å². The van der Waals surface area contributed by atoms with Gasteiger partial charge < -0.3 is 20.1 Å². The Bertz CT molecular complexity index is 207. The summed E-state index contributed by atoms with van der Waals surface area (Å²) >= 11 is 0. The zero-order valence-corrected chi connectivity index (χ0v) is 9.98. The molecule has 0 unspecified atom stereocenters. The molecule has 16 heavy (non-hydrogen) atoms. The molecule has 1 amide bonds. The summed E-state index contributed by atoms with van der Waals surface area (Å²) in [5.41, 5.74) is 5.25. The van der Waals surface area contributed by atoms with E-state index in [-0.39, 0.29) is 12.5 Å². The van der Waals surface area contributed by atoms with Gasteiger partial charge in [-0.25, -0.2) is 0 Å². The Morgan fingerprint density at radius 3 is 2.75 bits per heavy atom. The second-order valence-electron chi connectivity index (χ2n) is 4.17. The molecule has 0 saturated heterocycles. The molecular formula is C11H22N2O3. The van der Waals surface area contributed by atoms with Crippen LogP contribution in [0, 0.1) is 5.92 Å². The molecule has 0 spiro atoms. The molecule has 1 aliphatic carbocycles. The van der Waals surface area contributed by atoms with Crippen molar-refractivity contribution in [1.82, 2.24) is 4.90 Å². The highest BCUT2D eigenvalue weighted by atomic mass is 16.5. The van der Waals surface area contributed by atoms with Crippen LogP contribution in [0.3, 0.4) is 0 Å². The molecule has 5 heteroatoms. The average Bonchev–Trinajstić information content (AvgIpc) is 3.08. The smallest absolute Gasteiger partial charge is 0.248 e. The lowest BCUT2D eigenvalue weighted by Gasteiger charge is -2.17. The Morgan fingerprint density at radius 1 is 1.38 bits per heavy atom. The number of likely N-dealkylation sites (N-methyl/N-ethyl adjacent to an activating group) is 1. The van der Waals surface area contributed by atoms with E-state index in [4.69, 9.17) is 15.2 Å². The Morgan fingerprint density at radius 2 is 2.12 bits per heavy atom. The third-order valence-electron chi connectivity index (χ3n) is 2.53. The van der Waals surface area contributed by atoms with Gasteiger partial charge in [0.2, 0.25) is 5.91 Å². The Kier molecular flexibility index (Phi) is 6.37. The van der Waals surface area contributed by atoms with Crippen molar-refractivity contribution >= 4 is 5.91 Å². The van der Waals surface area contributed by atoms with E-state index in [0.29, 0.717) is 26.3 Å². The molecule has 0 aromatic heterocycles. The summed E-state index contributed by atoms with van der Waals surface area (Å²) in [5.74, 6) is 0.748. The first-order valence-electron chi connectivity index (χ1n) is 5.83. The van der Waals surface area contributed by atoms with Crippen molar-refractivity contribution in [2.24, 2.45) is 11.7 Å². The molecule has 1 saturated carbocycles. The number of hydrogen-bond acceptors (Lipinski definition) is 4. The third kappa shape index (κ3) is 6.05. The Balaban J connectivity index is 1.94. The van der Waals surface area contributed by atoms with Crippen LogP contribution >= 0.6 is 0 Å². The van der Waals surface area contributed by atoms with E-state index in [1.807, 2.05) is 0 Å².